The fourth-order valence-corrected chi connectivity index (χ4v) is 3.79. The molecule has 0 bridgehead atoms. The van der Waals surface area contributed by atoms with Crippen LogP contribution in [-0.4, -0.2) is 32.9 Å². The number of halogens is 1. The Labute approximate surface area is 155 Å². The van der Waals surface area contributed by atoms with E-state index in [9.17, 15) is 0 Å². The van der Waals surface area contributed by atoms with E-state index in [0.29, 0.717) is 0 Å². The maximum absolute atomic E-state index is 4.99. The van der Waals surface area contributed by atoms with Crippen LogP contribution in [0, 0.1) is 0 Å². The molecule has 1 atom stereocenters. The first kappa shape index (κ1) is 16.4. The Kier molecular flexibility index (Phi) is 4.13. The van der Waals surface area contributed by atoms with Crippen LogP contribution in [-0.2, 0) is 0 Å². The summed E-state index contributed by atoms with van der Waals surface area (Å²) in [5.74, 6) is 0.986. The molecule has 128 valence electrons. The average Bonchev–Trinajstić information content (AvgIpc) is 3.15. The van der Waals surface area contributed by atoms with E-state index in [0.717, 1.165) is 27.9 Å². The number of fused-ring (bicyclic) bond motifs is 3. The van der Waals surface area contributed by atoms with E-state index in [2.05, 4.69) is 106 Å². The van der Waals surface area contributed by atoms with Crippen molar-refractivity contribution >= 4 is 32.7 Å². The fraction of sp³-hybridized carbons (Fsp3) is 0.250. The van der Waals surface area contributed by atoms with Crippen molar-refractivity contribution in [1.82, 2.24) is 18.9 Å². The van der Waals surface area contributed by atoms with Crippen LogP contribution in [0.2, 0.25) is 0 Å². The number of hydrogen-bond donors (Lipinski definition) is 0. The van der Waals surface area contributed by atoms with Crippen LogP contribution in [0.4, 0.5) is 0 Å². The zero-order valence-corrected chi connectivity index (χ0v) is 16.2. The van der Waals surface area contributed by atoms with Gasteiger partial charge in [-0.25, -0.2) is 4.98 Å². The third-order valence-corrected chi connectivity index (χ3v) is 5.23. The van der Waals surface area contributed by atoms with Gasteiger partial charge >= 0.3 is 0 Å². The molecule has 0 saturated carbocycles. The summed E-state index contributed by atoms with van der Waals surface area (Å²) in [5, 5.41) is 0. The Morgan fingerprint density at radius 2 is 1.72 bits per heavy atom. The lowest BCUT2D eigenvalue weighted by atomic mass is 10.2. The van der Waals surface area contributed by atoms with E-state index < -0.39 is 0 Å². The second-order valence-corrected chi connectivity index (χ2v) is 7.43. The molecule has 0 aliphatic heterocycles. The van der Waals surface area contributed by atoms with Crippen molar-refractivity contribution in [3.63, 3.8) is 0 Å². The Hall–Kier alpha value is -2.11. The van der Waals surface area contributed by atoms with Gasteiger partial charge in [-0.05, 0) is 44.8 Å². The van der Waals surface area contributed by atoms with Gasteiger partial charge in [0.2, 0.25) is 5.78 Å². The molecule has 0 saturated heterocycles. The molecule has 25 heavy (non-hydrogen) atoms. The van der Waals surface area contributed by atoms with Gasteiger partial charge in [-0.3, -0.25) is 13.9 Å². The van der Waals surface area contributed by atoms with Crippen molar-refractivity contribution in [2.75, 3.05) is 14.1 Å². The topological polar surface area (TPSA) is 25.5 Å². The molecule has 0 amide bonds. The quantitative estimate of drug-likeness (QED) is 0.474. The highest BCUT2D eigenvalue weighted by molar-refractivity contribution is 9.10. The van der Waals surface area contributed by atoms with Gasteiger partial charge in [-0.2, -0.15) is 0 Å². The van der Waals surface area contributed by atoms with Crippen LogP contribution in [0.1, 0.15) is 19.5 Å². The molecule has 2 aromatic carbocycles. The summed E-state index contributed by atoms with van der Waals surface area (Å²) < 4.78 is 5.63. The molecule has 0 N–H and O–H groups in total. The zero-order chi connectivity index (χ0) is 17.6. The summed E-state index contributed by atoms with van der Waals surface area (Å²) in [4.78, 5) is 7.24. The predicted molar refractivity (Wildman–Crippen MR) is 107 cm³/mol. The van der Waals surface area contributed by atoms with E-state index in [4.69, 9.17) is 4.98 Å². The summed E-state index contributed by atoms with van der Waals surface area (Å²) in [6.07, 6.45) is 3.42. The van der Waals surface area contributed by atoms with Gasteiger partial charge in [0, 0.05) is 16.2 Å². The predicted octanol–water partition coefficient (Wildman–Crippen LogP) is 5.19. The van der Waals surface area contributed by atoms with E-state index >= 15 is 0 Å². The third-order valence-electron chi connectivity index (χ3n) is 4.70. The van der Waals surface area contributed by atoms with Gasteiger partial charge in [0.05, 0.1) is 22.9 Å². The molecular formula is C20H21BrN4. The number of benzene rings is 2. The summed E-state index contributed by atoms with van der Waals surface area (Å²) in [6, 6.07) is 16.8. The Morgan fingerprint density at radius 1 is 1.04 bits per heavy atom. The van der Waals surface area contributed by atoms with Gasteiger partial charge in [-0.1, -0.05) is 47.1 Å². The van der Waals surface area contributed by atoms with Gasteiger partial charge in [0.1, 0.15) is 0 Å². The van der Waals surface area contributed by atoms with Crippen molar-refractivity contribution in [2.45, 2.75) is 19.5 Å². The largest absolute Gasteiger partial charge is 0.293 e. The summed E-state index contributed by atoms with van der Waals surface area (Å²) >= 11 is 3.50. The Morgan fingerprint density at radius 3 is 2.36 bits per heavy atom. The summed E-state index contributed by atoms with van der Waals surface area (Å²) in [7, 11) is 4.25. The molecule has 4 rings (SSSR count). The van der Waals surface area contributed by atoms with E-state index in [1.165, 1.54) is 11.0 Å². The molecule has 1 unspecified atom stereocenters. The first-order chi connectivity index (χ1) is 12.1. The lowest BCUT2D eigenvalue weighted by Crippen LogP contribution is -2.25. The van der Waals surface area contributed by atoms with E-state index in [1.807, 2.05) is 0 Å². The first-order valence-corrected chi connectivity index (χ1v) is 9.30. The summed E-state index contributed by atoms with van der Waals surface area (Å²) in [5.41, 5.74) is 4.53. The molecule has 0 fully saturated rings. The molecule has 4 aromatic rings. The molecule has 4 nitrogen and oxygen atoms in total. The van der Waals surface area contributed by atoms with Gasteiger partial charge in [0.15, 0.2) is 0 Å². The third kappa shape index (κ3) is 2.68. The molecule has 0 aliphatic rings. The SMILES string of the molecule is CCC(N(C)C)n1c2ccccc2n2cc(-c3ccc(Br)cc3)nc12. The van der Waals surface area contributed by atoms with Crippen LogP contribution in [0.3, 0.4) is 0 Å². The smallest absolute Gasteiger partial charge is 0.216 e. The van der Waals surface area contributed by atoms with Crippen LogP contribution in [0.15, 0.2) is 59.2 Å². The van der Waals surface area contributed by atoms with Crippen molar-refractivity contribution in [3.8, 4) is 11.3 Å². The second kappa shape index (κ2) is 6.32. The molecule has 5 heteroatoms. The molecule has 2 aromatic heterocycles. The molecule has 0 radical (unpaired) electrons. The highest BCUT2D eigenvalue weighted by Gasteiger charge is 2.21. The Balaban J connectivity index is 1.99. The average molecular weight is 397 g/mol. The minimum absolute atomic E-state index is 0.266. The number of imidazole rings is 2. The summed E-state index contributed by atoms with van der Waals surface area (Å²) in [6.45, 7) is 2.22. The highest BCUT2D eigenvalue weighted by Crippen LogP contribution is 2.30. The number of hydrogen-bond acceptors (Lipinski definition) is 2. The number of para-hydroxylation sites is 2. The Bertz CT molecular complexity index is 1030. The maximum Gasteiger partial charge on any atom is 0.216 e. The number of aromatic nitrogens is 3. The van der Waals surface area contributed by atoms with Crippen LogP contribution in [0.25, 0.3) is 28.1 Å². The van der Waals surface area contributed by atoms with Crippen molar-refractivity contribution in [1.29, 1.82) is 0 Å². The lowest BCUT2D eigenvalue weighted by Gasteiger charge is -2.25. The van der Waals surface area contributed by atoms with Crippen LogP contribution in [0.5, 0.6) is 0 Å². The number of rotatable bonds is 4. The van der Waals surface area contributed by atoms with Gasteiger partial charge in [0.25, 0.3) is 0 Å². The first-order valence-electron chi connectivity index (χ1n) is 8.50. The second-order valence-electron chi connectivity index (χ2n) is 6.51. The van der Waals surface area contributed by atoms with Crippen LogP contribution < -0.4 is 0 Å². The molecular weight excluding hydrogens is 376 g/mol. The van der Waals surface area contributed by atoms with Crippen molar-refractivity contribution < 1.29 is 0 Å². The number of nitrogens with zero attached hydrogens (tertiary/aromatic N) is 4. The minimum Gasteiger partial charge on any atom is -0.293 e. The lowest BCUT2D eigenvalue weighted by molar-refractivity contribution is 0.219. The highest BCUT2D eigenvalue weighted by atomic mass is 79.9. The van der Waals surface area contributed by atoms with E-state index in [1.54, 1.807) is 0 Å². The molecule has 2 heterocycles. The standard InChI is InChI=1S/C20H21BrN4/c1-4-19(23(2)3)25-18-8-6-5-7-17(18)24-13-16(22-20(24)25)14-9-11-15(21)12-10-14/h5-13,19H,4H2,1-3H3. The van der Waals surface area contributed by atoms with Crippen molar-refractivity contribution in [3.05, 3.63) is 59.2 Å². The normalized spacial score (nSPS) is 13.2. The maximum atomic E-state index is 4.99. The van der Waals surface area contributed by atoms with Crippen LogP contribution >= 0.6 is 15.9 Å². The fourth-order valence-electron chi connectivity index (χ4n) is 3.53. The van der Waals surface area contributed by atoms with E-state index in [-0.39, 0.29) is 6.17 Å². The van der Waals surface area contributed by atoms with Gasteiger partial charge in [-0.15, -0.1) is 0 Å². The zero-order valence-electron chi connectivity index (χ0n) is 14.6. The van der Waals surface area contributed by atoms with Gasteiger partial charge < -0.3 is 0 Å². The van der Waals surface area contributed by atoms with Crippen molar-refractivity contribution in [2.24, 2.45) is 0 Å². The monoisotopic (exact) mass is 396 g/mol. The molecule has 0 spiro atoms. The minimum atomic E-state index is 0.266. The molecule has 0 aliphatic carbocycles.